The van der Waals surface area contributed by atoms with Gasteiger partial charge in [-0.1, -0.05) is 0 Å². The van der Waals surface area contributed by atoms with Crippen molar-refractivity contribution in [3.05, 3.63) is 0 Å². The number of nitrogens with zero attached hydrogens (tertiary/aromatic N) is 2. The molecule has 0 bridgehead atoms. The Morgan fingerprint density at radius 3 is 2.81 bits per heavy atom. The topological polar surface area (TPSA) is 43.8 Å². The van der Waals surface area contributed by atoms with E-state index >= 15 is 0 Å². The molecule has 4 nitrogen and oxygen atoms in total. The number of likely N-dealkylation sites (tertiary alicyclic amines) is 1. The summed E-state index contributed by atoms with van der Waals surface area (Å²) in [5.74, 6) is 0.120. The van der Waals surface area contributed by atoms with Crippen LogP contribution in [0, 0.1) is 5.92 Å². The highest BCUT2D eigenvalue weighted by atomic mass is 16.4. The molecule has 1 heterocycles. The number of rotatable bonds is 7. The highest BCUT2D eigenvalue weighted by Gasteiger charge is 2.20. The fourth-order valence-electron chi connectivity index (χ4n) is 2.37. The first kappa shape index (κ1) is 13.5. The largest absolute Gasteiger partial charge is 0.481 e. The van der Waals surface area contributed by atoms with E-state index in [2.05, 4.69) is 23.9 Å². The van der Waals surface area contributed by atoms with Crippen molar-refractivity contribution >= 4 is 5.97 Å². The van der Waals surface area contributed by atoms with Crippen molar-refractivity contribution < 1.29 is 9.90 Å². The third kappa shape index (κ3) is 5.47. The van der Waals surface area contributed by atoms with Crippen LogP contribution < -0.4 is 0 Å². The summed E-state index contributed by atoms with van der Waals surface area (Å²) in [6, 6.07) is 0. The Bertz CT molecular complexity index is 221. The predicted octanol–water partition coefficient (Wildman–Crippen LogP) is 1.12. The molecule has 4 heteroatoms. The minimum atomic E-state index is -0.680. The maximum absolute atomic E-state index is 10.3. The smallest absolute Gasteiger partial charge is 0.303 e. The standard InChI is InChI=1S/C12H24N2O2/c1-13(7-4-3-5-12(15)16)9-11-6-8-14(2)10-11/h11H,3-10H2,1-2H3,(H,15,16). The lowest BCUT2D eigenvalue weighted by Crippen LogP contribution is -2.28. The molecule has 0 aromatic carbocycles. The van der Waals surface area contributed by atoms with Gasteiger partial charge in [-0.3, -0.25) is 4.79 Å². The van der Waals surface area contributed by atoms with Gasteiger partial charge in [-0.25, -0.2) is 0 Å². The first-order chi connectivity index (χ1) is 7.58. The summed E-state index contributed by atoms with van der Waals surface area (Å²) in [5, 5.41) is 8.52. The highest BCUT2D eigenvalue weighted by Crippen LogP contribution is 2.15. The molecule has 1 atom stereocenters. The van der Waals surface area contributed by atoms with Gasteiger partial charge >= 0.3 is 5.97 Å². The number of hydrogen-bond acceptors (Lipinski definition) is 3. The van der Waals surface area contributed by atoms with Crippen LogP contribution in [0.15, 0.2) is 0 Å². The van der Waals surface area contributed by atoms with Gasteiger partial charge in [0.2, 0.25) is 0 Å². The van der Waals surface area contributed by atoms with Gasteiger partial charge in [0.15, 0.2) is 0 Å². The van der Waals surface area contributed by atoms with Gasteiger partial charge in [0, 0.05) is 19.5 Å². The lowest BCUT2D eigenvalue weighted by Gasteiger charge is -2.20. The van der Waals surface area contributed by atoms with E-state index in [0.717, 1.165) is 31.8 Å². The molecule has 0 aromatic heterocycles. The summed E-state index contributed by atoms with van der Waals surface area (Å²) in [6.45, 7) is 4.60. The van der Waals surface area contributed by atoms with E-state index in [1.807, 2.05) is 0 Å². The van der Waals surface area contributed by atoms with Crippen LogP contribution in [0.3, 0.4) is 0 Å². The van der Waals surface area contributed by atoms with Crippen LogP contribution in [0.1, 0.15) is 25.7 Å². The first-order valence-electron chi connectivity index (χ1n) is 6.17. The predicted molar refractivity (Wildman–Crippen MR) is 64.6 cm³/mol. The summed E-state index contributed by atoms with van der Waals surface area (Å²) < 4.78 is 0. The maximum atomic E-state index is 10.3. The van der Waals surface area contributed by atoms with E-state index in [4.69, 9.17) is 5.11 Å². The number of carboxylic acids is 1. The third-order valence-electron chi connectivity index (χ3n) is 3.24. The zero-order valence-electron chi connectivity index (χ0n) is 10.5. The fraction of sp³-hybridized carbons (Fsp3) is 0.917. The van der Waals surface area contributed by atoms with Crippen molar-refractivity contribution in [2.45, 2.75) is 25.7 Å². The molecule has 0 saturated carbocycles. The second-order valence-corrected chi connectivity index (χ2v) is 5.03. The molecule has 94 valence electrons. The van der Waals surface area contributed by atoms with Crippen molar-refractivity contribution in [1.82, 2.24) is 9.80 Å². The molecular formula is C12H24N2O2. The van der Waals surface area contributed by atoms with Crippen LogP contribution in [0.5, 0.6) is 0 Å². The monoisotopic (exact) mass is 228 g/mol. The maximum Gasteiger partial charge on any atom is 0.303 e. The Morgan fingerprint density at radius 2 is 2.25 bits per heavy atom. The van der Waals surface area contributed by atoms with Crippen molar-refractivity contribution in [3.63, 3.8) is 0 Å². The summed E-state index contributed by atoms with van der Waals surface area (Å²) in [7, 11) is 4.31. The Balaban J connectivity index is 2.02. The zero-order valence-corrected chi connectivity index (χ0v) is 10.5. The zero-order chi connectivity index (χ0) is 12.0. The number of aliphatic carboxylic acids is 1. The Labute approximate surface area is 98.2 Å². The van der Waals surface area contributed by atoms with Crippen molar-refractivity contribution in [2.24, 2.45) is 5.92 Å². The molecule has 1 unspecified atom stereocenters. The molecule has 1 aliphatic heterocycles. The van der Waals surface area contributed by atoms with Crippen LogP contribution in [-0.2, 0) is 4.79 Å². The van der Waals surface area contributed by atoms with Gasteiger partial charge in [0.05, 0.1) is 0 Å². The van der Waals surface area contributed by atoms with Crippen molar-refractivity contribution in [2.75, 3.05) is 40.3 Å². The summed E-state index contributed by atoms with van der Waals surface area (Å²) in [6.07, 6.45) is 3.39. The highest BCUT2D eigenvalue weighted by molar-refractivity contribution is 5.66. The first-order valence-corrected chi connectivity index (χ1v) is 6.17. The number of hydrogen-bond donors (Lipinski definition) is 1. The van der Waals surface area contributed by atoms with Crippen molar-refractivity contribution in [3.8, 4) is 0 Å². The lowest BCUT2D eigenvalue weighted by molar-refractivity contribution is -0.137. The van der Waals surface area contributed by atoms with Gasteiger partial charge in [0.1, 0.15) is 0 Å². The number of carboxylic acid groups (broad SMARTS) is 1. The minimum absolute atomic E-state index is 0.306. The van der Waals surface area contributed by atoms with Gasteiger partial charge in [-0.15, -0.1) is 0 Å². The van der Waals surface area contributed by atoms with E-state index in [-0.39, 0.29) is 0 Å². The molecule has 1 saturated heterocycles. The molecule has 1 aliphatic rings. The quantitative estimate of drug-likeness (QED) is 0.663. The molecule has 1 rings (SSSR count). The van der Waals surface area contributed by atoms with E-state index < -0.39 is 5.97 Å². The van der Waals surface area contributed by atoms with Gasteiger partial charge in [-0.2, -0.15) is 0 Å². The van der Waals surface area contributed by atoms with E-state index in [1.54, 1.807) is 0 Å². The molecule has 16 heavy (non-hydrogen) atoms. The summed E-state index contributed by atoms with van der Waals surface area (Å²) in [5.41, 5.74) is 0. The summed E-state index contributed by atoms with van der Waals surface area (Å²) >= 11 is 0. The van der Waals surface area contributed by atoms with Crippen LogP contribution in [0.2, 0.25) is 0 Å². The van der Waals surface area contributed by atoms with Crippen LogP contribution in [-0.4, -0.2) is 61.2 Å². The SMILES string of the molecule is CN(CCCCC(=O)O)CC1CCN(C)C1. The Morgan fingerprint density at radius 1 is 1.50 bits per heavy atom. The molecule has 1 N–H and O–H groups in total. The summed E-state index contributed by atoms with van der Waals surface area (Å²) in [4.78, 5) is 15.1. The third-order valence-corrected chi connectivity index (χ3v) is 3.24. The van der Waals surface area contributed by atoms with Crippen LogP contribution >= 0.6 is 0 Å². The average molecular weight is 228 g/mol. The molecule has 0 aliphatic carbocycles. The Kier molecular flexibility index (Phi) is 5.77. The van der Waals surface area contributed by atoms with Gasteiger partial charge in [0.25, 0.3) is 0 Å². The molecule has 0 radical (unpaired) electrons. The lowest BCUT2D eigenvalue weighted by atomic mass is 10.1. The second kappa shape index (κ2) is 6.86. The van der Waals surface area contributed by atoms with Gasteiger partial charge < -0.3 is 14.9 Å². The van der Waals surface area contributed by atoms with E-state index in [0.29, 0.717) is 6.42 Å². The molecule has 1 fully saturated rings. The number of unbranched alkanes of at least 4 members (excludes halogenated alkanes) is 1. The molecule has 0 spiro atoms. The van der Waals surface area contributed by atoms with Crippen LogP contribution in [0.4, 0.5) is 0 Å². The average Bonchev–Trinajstić information content (AvgIpc) is 2.58. The van der Waals surface area contributed by atoms with E-state index in [9.17, 15) is 4.79 Å². The number of carbonyl (C=O) groups is 1. The van der Waals surface area contributed by atoms with Gasteiger partial charge in [-0.05, 0) is 52.4 Å². The fourth-order valence-corrected chi connectivity index (χ4v) is 2.37. The second-order valence-electron chi connectivity index (χ2n) is 5.03. The minimum Gasteiger partial charge on any atom is -0.481 e. The van der Waals surface area contributed by atoms with E-state index in [1.165, 1.54) is 19.5 Å². The normalized spacial score (nSPS) is 21.8. The molecule has 0 aromatic rings. The van der Waals surface area contributed by atoms with Crippen molar-refractivity contribution in [1.29, 1.82) is 0 Å². The molecule has 0 amide bonds. The Hall–Kier alpha value is -0.610. The molecular weight excluding hydrogens is 204 g/mol. The van der Waals surface area contributed by atoms with Crippen LogP contribution in [0.25, 0.3) is 0 Å².